The molecule has 0 rings (SSSR count). The quantitative estimate of drug-likeness (QED) is 0.426. The molecule has 0 aromatic heterocycles. The van der Waals surface area contributed by atoms with Gasteiger partial charge in [0.1, 0.15) is 0 Å². The van der Waals surface area contributed by atoms with Gasteiger partial charge in [-0.05, 0) is 25.3 Å². The van der Waals surface area contributed by atoms with E-state index in [4.69, 9.17) is 14.2 Å². The lowest BCUT2D eigenvalue weighted by Gasteiger charge is -2.13. The monoisotopic (exact) mass is 305 g/mol. The summed E-state index contributed by atoms with van der Waals surface area (Å²) >= 11 is 0. The van der Waals surface area contributed by atoms with Crippen LogP contribution in [-0.4, -0.2) is 63.9 Å². The molecule has 0 aromatic rings. The first kappa shape index (κ1) is 20.8. The lowest BCUT2D eigenvalue weighted by molar-refractivity contribution is 0.00380. The maximum Gasteiger partial charge on any atom is 0.0897 e. The largest absolute Gasteiger partial charge is 0.389 e. The van der Waals surface area contributed by atoms with E-state index in [1.54, 1.807) is 0 Å². The van der Waals surface area contributed by atoms with Crippen molar-refractivity contribution in [2.45, 2.75) is 46.1 Å². The van der Waals surface area contributed by atoms with Crippen LogP contribution in [0.15, 0.2) is 0 Å². The molecule has 1 atom stereocenters. The van der Waals surface area contributed by atoms with Crippen molar-refractivity contribution in [2.75, 3.05) is 52.7 Å². The fourth-order valence-electron chi connectivity index (χ4n) is 1.63. The molecule has 0 heterocycles. The number of unbranched alkanes of at least 4 members (excludes halogenated alkanes) is 1. The van der Waals surface area contributed by atoms with E-state index in [0.29, 0.717) is 32.3 Å². The average molecular weight is 305 g/mol. The molecule has 0 saturated carbocycles. The van der Waals surface area contributed by atoms with Crippen molar-refractivity contribution in [1.82, 2.24) is 5.32 Å². The zero-order valence-corrected chi connectivity index (χ0v) is 14.1. The number of hydrogen-bond donors (Lipinski definition) is 2. The van der Waals surface area contributed by atoms with Crippen molar-refractivity contribution in [2.24, 2.45) is 5.92 Å². The maximum atomic E-state index is 9.71. The van der Waals surface area contributed by atoms with Gasteiger partial charge in [-0.2, -0.15) is 0 Å². The summed E-state index contributed by atoms with van der Waals surface area (Å²) in [5, 5.41) is 12.9. The Hall–Kier alpha value is -0.200. The molecule has 21 heavy (non-hydrogen) atoms. The highest BCUT2D eigenvalue weighted by Gasteiger charge is 2.03. The molecule has 0 saturated heterocycles. The number of ether oxygens (including phenoxy) is 3. The molecule has 0 aliphatic heterocycles. The molecule has 0 spiro atoms. The van der Waals surface area contributed by atoms with E-state index in [0.717, 1.165) is 45.6 Å². The molecule has 0 aromatic carbocycles. The number of nitrogens with one attached hydrogen (secondary N) is 1. The fourth-order valence-corrected chi connectivity index (χ4v) is 1.63. The van der Waals surface area contributed by atoms with Crippen LogP contribution >= 0.6 is 0 Å². The second-order valence-electron chi connectivity index (χ2n) is 5.72. The van der Waals surface area contributed by atoms with Crippen LogP contribution in [0, 0.1) is 5.92 Å². The normalized spacial score (nSPS) is 13.0. The average Bonchev–Trinajstić information content (AvgIpc) is 2.45. The zero-order valence-electron chi connectivity index (χ0n) is 14.1. The highest BCUT2D eigenvalue weighted by Crippen LogP contribution is 1.93. The molecule has 0 bridgehead atoms. The highest BCUT2D eigenvalue weighted by molar-refractivity contribution is 4.58. The SMILES string of the molecule is CCCCOCCOCC(O)CNCCCOCC(C)C. The number of aliphatic hydroxyl groups is 1. The van der Waals surface area contributed by atoms with Crippen LogP contribution in [0.1, 0.15) is 40.0 Å². The van der Waals surface area contributed by atoms with Gasteiger partial charge in [0, 0.05) is 26.4 Å². The molecule has 5 heteroatoms. The Bertz CT molecular complexity index is 203. The summed E-state index contributed by atoms with van der Waals surface area (Å²) < 4.78 is 16.2. The van der Waals surface area contributed by atoms with E-state index in [1.165, 1.54) is 0 Å². The minimum Gasteiger partial charge on any atom is -0.389 e. The summed E-state index contributed by atoms with van der Waals surface area (Å²) in [6.45, 7) is 11.7. The van der Waals surface area contributed by atoms with Crippen LogP contribution in [-0.2, 0) is 14.2 Å². The van der Waals surface area contributed by atoms with Crippen LogP contribution in [0.4, 0.5) is 0 Å². The van der Waals surface area contributed by atoms with Crippen molar-refractivity contribution < 1.29 is 19.3 Å². The van der Waals surface area contributed by atoms with Crippen LogP contribution in [0.2, 0.25) is 0 Å². The summed E-state index contributed by atoms with van der Waals surface area (Å²) in [6.07, 6.45) is 2.74. The molecular weight excluding hydrogens is 270 g/mol. The Morgan fingerprint density at radius 2 is 1.57 bits per heavy atom. The first-order valence-corrected chi connectivity index (χ1v) is 8.28. The van der Waals surface area contributed by atoms with Gasteiger partial charge in [0.25, 0.3) is 0 Å². The van der Waals surface area contributed by atoms with Gasteiger partial charge < -0.3 is 24.6 Å². The van der Waals surface area contributed by atoms with Gasteiger partial charge in [-0.25, -0.2) is 0 Å². The topological polar surface area (TPSA) is 60.0 Å². The fraction of sp³-hybridized carbons (Fsp3) is 1.00. The summed E-state index contributed by atoms with van der Waals surface area (Å²) in [5.41, 5.74) is 0. The summed E-state index contributed by atoms with van der Waals surface area (Å²) in [5.74, 6) is 0.586. The van der Waals surface area contributed by atoms with Crippen molar-refractivity contribution in [3.8, 4) is 0 Å². The van der Waals surface area contributed by atoms with Gasteiger partial charge in [-0.3, -0.25) is 0 Å². The molecule has 0 fully saturated rings. The maximum absolute atomic E-state index is 9.71. The van der Waals surface area contributed by atoms with Crippen LogP contribution in [0.3, 0.4) is 0 Å². The first-order chi connectivity index (χ1) is 10.2. The van der Waals surface area contributed by atoms with Gasteiger partial charge in [-0.15, -0.1) is 0 Å². The van der Waals surface area contributed by atoms with Crippen molar-refractivity contribution in [1.29, 1.82) is 0 Å². The second-order valence-corrected chi connectivity index (χ2v) is 5.72. The van der Waals surface area contributed by atoms with Crippen molar-refractivity contribution in [3.05, 3.63) is 0 Å². The number of rotatable bonds is 16. The Balaban J connectivity index is 3.14. The predicted octanol–water partition coefficient (Wildman–Crippen LogP) is 1.83. The summed E-state index contributed by atoms with van der Waals surface area (Å²) in [4.78, 5) is 0. The van der Waals surface area contributed by atoms with Gasteiger partial charge in [0.2, 0.25) is 0 Å². The third-order valence-corrected chi connectivity index (χ3v) is 2.80. The molecule has 0 aliphatic rings. The zero-order chi connectivity index (χ0) is 15.8. The van der Waals surface area contributed by atoms with Crippen LogP contribution in [0.25, 0.3) is 0 Å². The Morgan fingerprint density at radius 3 is 2.29 bits per heavy atom. The van der Waals surface area contributed by atoms with E-state index in [-0.39, 0.29) is 0 Å². The van der Waals surface area contributed by atoms with E-state index in [1.807, 2.05) is 0 Å². The van der Waals surface area contributed by atoms with Crippen molar-refractivity contribution in [3.63, 3.8) is 0 Å². The minimum absolute atomic E-state index is 0.355. The standard InChI is InChI=1S/C16H35NO4/c1-4-5-8-19-10-11-21-14-16(18)12-17-7-6-9-20-13-15(2)3/h15-18H,4-14H2,1-3H3. The molecule has 5 nitrogen and oxygen atoms in total. The molecule has 0 amide bonds. The second kappa shape index (κ2) is 16.2. The van der Waals surface area contributed by atoms with Gasteiger partial charge >= 0.3 is 0 Å². The van der Waals surface area contributed by atoms with Gasteiger partial charge in [0.15, 0.2) is 0 Å². The van der Waals surface area contributed by atoms with Crippen molar-refractivity contribution >= 4 is 0 Å². The lowest BCUT2D eigenvalue weighted by Crippen LogP contribution is -2.31. The Morgan fingerprint density at radius 1 is 0.905 bits per heavy atom. The molecule has 128 valence electrons. The third kappa shape index (κ3) is 17.7. The lowest BCUT2D eigenvalue weighted by atomic mass is 10.2. The first-order valence-electron chi connectivity index (χ1n) is 8.28. The summed E-state index contributed by atoms with van der Waals surface area (Å²) in [7, 11) is 0. The van der Waals surface area contributed by atoms with E-state index < -0.39 is 6.10 Å². The van der Waals surface area contributed by atoms with Crippen LogP contribution < -0.4 is 5.32 Å². The van der Waals surface area contributed by atoms with Gasteiger partial charge in [-0.1, -0.05) is 27.2 Å². The number of aliphatic hydroxyl groups excluding tert-OH is 1. The third-order valence-electron chi connectivity index (χ3n) is 2.80. The molecule has 2 N–H and O–H groups in total. The molecular formula is C16H35NO4. The Labute approximate surface area is 130 Å². The van der Waals surface area contributed by atoms with Gasteiger partial charge in [0.05, 0.1) is 25.9 Å². The Kier molecular flexibility index (Phi) is 16.0. The van der Waals surface area contributed by atoms with E-state index in [2.05, 4.69) is 26.1 Å². The number of hydrogen-bond acceptors (Lipinski definition) is 5. The minimum atomic E-state index is -0.461. The van der Waals surface area contributed by atoms with E-state index in [9.17, 15) is 5.11 Å². The molecule has 0 aliphatic carbocycles. The predicted molar refractivity (Wildman–Crippen MR) is 85.7 cm³/mol. The molecule has 1 unspecified atom stereocenters. The van der Waals surface area contributed by atoms with E-state index >= 15 is 0 Å². The summed E-state index contributed by atoms with van der Waals surface area (Å²) in [6, 6.07) is 0. The van der Waals surface area contributed by atoms with Crippen LogP contribution in [0.5, 0.6) is 0 Å². The molecule has 0 radical (unpaired) electrons. The smallest absolute Gasteiger partial charge is 0.0897 e. The highest BCUT2D eigenvalue weighted by atomic mass is 16.5.